The summed E-state index contributed by atoms with van der Waals surface area (Å²) >= 11 is 0. The molecule has 0 aliphatic carbocycles. The highest BCUT2D eigenvalue weighted by Crippen LogP contribution is 2.34. The maximum atomic E-state index is 5.61. The number of benzene rings is 1. The van der Waals surface area contributed by atoms with Crippen molar-refractivity contribution >= 4 is 0 Å². The van der Waals surface area contributed by atoms with E-state index in [1.54, 1.807) is 0 Å². The monoisotopic (exact) mass is 255 g/mol. The molecule has 2 heterocycles. The van der Waals surface area contributed by atoms with E-state index in [1.807, 2.05) is 24.3 Å². The van der Waals surface area contributed by atoms with Crippen LogP contribution < -0.4 is 9.47 Å². The number of hydrogen-bond acceptors (Lipinski definition) is 3. The predicted molar refractivity (Wildman–Crippen MR) is 74.8 cm³/mol. The summed E-state index contributed by atoms with van der Waals surface area (Å²) in [6.45, 7) is 5.52. The number of ether oxygens (including phenoxy) is 2. The average Bonchev–Trinajstić information content (AvgIpc) is 2.47. The van der Waals surface area contributed by atoms with Crippen LogP contribution in [0.1, 0.15) is 25.5 Å². The van der Waals surface area contributed by atoms with E-state index in [2.05, 4.69) is 26.0 Å². The summed E-state index contributed by atoms with van der Waals surface area (Å²) in [4.78, 5) is 4.70. The highest BCUT2D eigenvalue weighted by molar-refractivity contribution is 5.64. The summed E-state index contributed by atoms with van der Waals surface area (Å²) in [7, 11) is 0. The molecular formula is C16H17NO2. The Morgan fingerprint density at radius 2 is 1.79 bits per heavy atom. The molecule has 19 heavy (non-hydrogen) atoms. The van der Waals surface area contributed by atoms with Gasteiger partial charge in [-0.3, -0.25) is 4.98 Å². The van der Waals surface area contributed by atoms with Crippen molar-refractivity contribution in [3.8, 4) is 22.8 Å². The average molecular weight is 255 g/mol. The molecule has 0 atom stereocenters. The number of nitrogens with zero attached hydrogens (tertiary/aromatic N) is 1. The second kappa shape index (κ2) is 4.92. The molecule has 0 saturated carbocycles. The quantitative estimate of drug-likeness (QED) is 0.821. The minimum Gasteiger partial charge on any atom is -0.486 e. The van der Waals surface area contributed by atoms with Crippen LogP contribution in [-0.2, 0) is 0 Å². The summed E-state index contributed by atoms with van der Waals surface area (Å²) in [6, 6.07) is 12.1. The Morgan fingerprint density at radius 3 is 2.58 bits per heavy atom. The Balaban J connectivity index is 2.00. The van der Waals surface area contributed by atoms with Gasteiger partial charge in [-0.25, -0.2) is 0 Å². The maximum absolute atomic E-state index is 5.61. The van der Waals surface area contributed by atoms with Gasteiger partial charge in [0.05, 0.1) is 5.69 Å². The fourth-order valence-electron chi connectivity index (χ4n) is 2.14. The van der Waals surface area contributed by atoms with Gasteiger partial charge in [-0.2, -0.15) is 0 Å². The smallest absolute Gasteiger partial charge is 0.162 e. The first-order valence-electron chi connectivity index (χ1n) is 6.61. The van der Waals surface area contributed by atoms with Crippen LogP contribution in [0.15, 0.2) is 36.4 Å². The Morgan fingerprint density at radius 1 is 1.00 bits per heavy atom. The third-order valence-electron chi connectivity index (χ3n) is 3.20. The van der Waals surface area contributed by atoms with E-state index in [1.165, 1.54) is 0 Å². The van der Waals surface area contributed by atoms with Crippen molar-refractivity contribution in [1.82, 2.24) is 4.98 Å². The van der Waals surface area contributed by atoms with Crippen molar-refractivity contribution in [3.63, 3.8) is 0 Å². The summed E-state index contributed by atoms with van der Waals surface area (Å²) in [5.74, 6) is 2.05. The van der Waals surface area contributed by atoms with Gasteiger partial charge >= 0.3 is 0 Å². The molecule has 3 heteroatoms. The molecule has 1 aliphatic rings. The van der Waals surface area contributed by atoms with E-state index in [9.17, 15) is 0 Å². The molecule has 3 rings (SSSR count). The first-order valence-corrected chi connectivity index (χ1v) is 6.61. The molecule has 0 N–H and O–H groups in total. The third-order valence-corrected chi connectivity index (χ3v) is 3.20. The first kappa shape index (κ1) is 12.0. The standard InChI is InChI=1S/C16H17NO2/c1-11(2)13-4-3-5-14(17-13)12-6-7-15-16(10-12)19-9-8-18-15/h3-7,10-11H,8-9H2,1-2H3. The minimum atomic E-state index is 0.428. The summed E-state index contributed by atoms with van der Waals surface area (Å²) in [5, 5.41) is 0. The Labute approximate surface area is 113 Å². The highest BCUT2D eigenvalue weighted by atomic mass is 16.6. The SMILES string of the molecule is CC(C)c1cccc(-c2ccc3c(c2)OCCO3)n1. The van der Waals surface area contributed by atoms with Crippen LogP contribution in [0.4, 0.5) is 0 Å². The number of aromatic nitrogens is 1. The van der Waals surface area contributed by atoms with E-state index < -0.39 is 0 Å². The van der Waals surface area contributed by atoms with Crippen LogP contribution in [0.3, 0.4) is 0 Å². The largest absolute Gasteiger partial charge is 0.486 e. The van der Waals surface area contributed by atoms with Gasteiger partial charge in [-0.1, -0.05) is 19.9 Å². The lowest BCUT2D eigenvalue weighted by atomic mass is 10.1. The molecule has 2 aromatic rings. The third kappa shape index (κ3) is 2.41. The lowest BCUT2D eigenvalue weighted by Gasteiger charge is -2.19. The van der Waals surface area contributed by atoms with Crippen molar-refractivity contribution in [2.24, 2.45) is 0 Å². The number of pyridine rings is 1. The molecule has 1 aromatic carbocycles. The Hall–Kier alpha value is -2.03. The van der Waals surface area contributed by atoms with Crippen LogP contribution in [0.2, 0.25) is 0 Å². The van der Waals surface area contributed by atoms with Crippen LogP contribution in [0, 0.1) is 0 Å². The van der Waals surface area contributed by atoms with Crippen molar-refractivity contribution in [1.29, 1.82) is 0 Å². The molecule has 1 aromatic heterocycles. The van der Waals surface area contributed by atoms with Crippen molar-refractivity contribution in [2.75, 3.05) is 13.2 Å². The molecule has 0 unspecified atom stereocenters. The van der Waals surface area contributed by atoms with Crippen LogP contribution in [0.5, 0.6) is 11.5 Å². The van der Waals surface area contributed by atoms with Gasteiger partial charge in [0.25, 0.3) is 0 Å². The molecule has 0 radical (unpaired) electrons. The Kier molecular flexibility index (Phi) is 3.11. The molecule has 0 bridgehead atoms. The number of hydrogen-bond donors (Lipinski definition) is 0. The first-order chi connectivity index (χ1) is 9.24. The second-order valence-electron chi connectivity index (χ2n) is 4.96. The van der Waals surface area contributed by atoms with Gasteiger partial charge in [-0.15, -0.1) is 0 Å². The van der Waals surface area contributed by atoms with Gasteiger partial charge in [0, 0.05) is 11.3 Å². The van der Waals surface area contributed by atoms with E-state index in [0.717, 1.165) is 28.5 Å². The molecular weight excluding hydrogens is 238 g/mol. The molecule has 0 spiro atoms. The number of rotatable bonds is 2. The van der Waals surface area contributed by atoms with Crippen LogP contribution in [-0.4, -0.2) is 18.2 Å². The zero-order valence-corrected chi connectivity index (χ0v) is 11.2. The van der Waals surface area contributed by atoms with Crippen molar-refractivity contribution in [2.45, 2.75) is 19.8 Å². The highest BCUT2D eigenvalue weighted by Gasteiger charge is 2.13. The normalized spacial score (nSPS) is 13.6. The number of fused-ring (bicyclic) bond motifs is 1. The maximum Gasteiger partial charge on any atom is 0.162 e. The molecule has 1 aliphatic heterocycles. The zero-order chi connectivity index (χ0) is 13.2. The molecule has 0 amide bonds. The zero-order valence-electron chi connectivity index (χ0n) is 11.2. The van der Waals surface area contributed by atoms with E-state index in [-0.39, 0.29) is 0 Å². The van der Waals surface area contributed by atoms with Crippen LogP contribution >= 0.6 is 0 Å². The van der Waals surface area contributed by atoms with E-state index in [4.69, 9.17) is 14.5 Å². The molecule has 98 valence electrons. The van der Waals surface area contributed by atoms with E-state index >= 15 is 0 Å². The predicted octanol–water partition coefficient (Wildman–Crippen LogP) is 3.64. The van der Waals surface area contributed by atoms with Gasteiger partial charge < -0.3 is 9.47 Å². The van der Waals surface area contributed by atoms with Crippen molar-refractivity contribution in [3.05, 3.63) is 42.1 Å². The summed E-state index contributed by atoms with van der Waals surface area (Å²) < 4.78 is 11.1. The molecule has 0 fully saturated rings. The fraction of sp³-hybridized carbons (Fsp3) is 0.312. The van der Waals surface area contributed by atoms with Gasteiger partial charge in [0.15, 0.2) is 11.5 Å². The van der Waals surface area contributed by atoms with Gasteiger partial charge in [0.2, 0.25) is 0 Å². The molecule has 3 nitrogen and oxygen atoms in total. The second-order valence-corrected chi connectivity index (χ2v) is 4.96. The summed E-state index contributed by atoms with van der Waals surface area (Å²) in [6.07, 6.45) is 0. The topological polar surface area (TPSA) is 31.4 Å². The van der Waals surface area contributed by atoms with Gasteiger partial charge in [0.1, 0.15) is 13.2 Å². The lowest BCUT2D eigenvalue weighted by Crippen LogP contribution is -2.15. The van der Waals surface area contributed by atoms with Crippen molar-refractivity contribution < 1.29 is 9.47 Å². The van der Waals surface area contributed by atoms with E-state index in [0.29, 0.717) is 19.1 Å². The lowest BCUT2D eigenvalue weighted by molar-refractivity contribution is 0.171. The Bertz CT molecular complexity index is 593. The molecule has 0 saturated heterocycles. The summed E-state index contributed by atoms with van der Waals surface area (Å²) in [5.41, 5.74) is 3.14. The fourth-order valence-corrected chi connectivity index (χ4v) is 2.14. The van der Waals surface area contributed by atoms with Gasteiger partial charge in [-0.05, 0) is 36.2 Å². The van der Waals surface area contributed by atoms with Crippen LogP contribution in [0.25, 0.3) is 11.3 Å². The minimum absolute atomic E-state index is 0.428.